The number of nitrogens with zero attached hydrogens (tertiary/aromatic N) is 1. The lowest BCUT2D eigenvalue weighted by Gasteiger charge is -2.41. The molecule has 1 amide bonds. The number of benzene rings is 2. The van der Waals surface area contributed by atoms with Gasteiger partial charge in [0.1, 0.15) is 11.4 Å². The number of hydrogen-bond donors (Lipinski definition) is 4. The summed E-state index contributed by atoms with van der Waals surface area (Å²) in [6.07, 6.45) is 2.74. The van der Waals surface area contributed by atoms with Crippen molar-refractivity contribution in [3.8, 4) is 11.6 Å². The minimum Gasteiger partial charge on any atom is -0.496 e. The fourth-order valence-corrected chi connectivity index (χ4v) is 4.89. The van der Waals surface area contributed by atoms with Gasteiger partial charge < -0.3 is 25.3 Å². The van der Waals surface area contributed by atoms with Crippen molar-refractivity contribution in [3.63, 3.8) is 0 Å². The van der Waals surface area contributed by atoms with Gasteiger partial charge in [-0.3, -0.25) is 9.36 Å². The third kappa shape index (κ3) is 4.39. The van der Waals surface area contributed by atoms with Crippen LogP contribution in [-0.4, -0.2) is 39.3 Å². The number of ether oxygens (including phenoxy) is 1. The number of rotatable bonds is 7. The third-order valence-corrected chi connectivity index (χ3v) is 6.74. The van der Waals surface area contributed by atoms with Gasteiger partial charge in [0, 0.05) is 18.0 Å². The number of carbonyl (C=O) groups excluding carboxylic acids is 1. The van der Waals surface area contributed by atoms with Crippen LogP contribution in [0.2, 0.25) is 0 Å². The van der Waals surface area contributed by atoms with E-state index < -0.39 is 12.3 Å². The van der Waals surface area contributed by atoms with Gasteiger partial charge in [-0.15, -0.1) is 0 Å². The Labute approximate surface area is 191 Å². The molecule has 0 aliphatic heterocycles. The zero-order valence-electron chi connectivity index (χ0n) is 18.6. The molecule has 1 fully saturated rings. The van der Waals surface area contributed by atoms with E-state index in [9.17, 15) is 19.8 Å². The molecule has 0 radical (unpaired) electrons. The Morgan fingerprint density at radius 1 is 1.15 bits per heavy atom. The van der Waals surface area contributed by atoms with E-state index in [0.29, 0.717) is 30.7 Å². The van der Waals surface area contributed by atoms with Crippen LogP contribution >= 0.6 is 0 Å². The molecule has 8 heteroatoms. The van der Waals surface area contributed by atoms with Gasteiger partial charge in [-0.25, -0.2) is 4.79 Å². The van der Waals surface area contributed by atoms with Crippen molar-refractivity contribution in [2.45, 2.75) is 43.7 Å². The zero-order valence-corrected chi connectivity index (χ0v) is 18.6. The van der Waals surface area contributed by atoms with Crippen LogP contribution in [0.1, 0.15) is 53.3 Å². The highest BCUT2D eigenvalue weighted by Crippen LogP contribution is 2.43. The largest absolute Gasteiger partial charge is 0.496 e. The Balaban J connectivity index is 1.56. The van der Waals surface area contributed by atoms with E-state index in [0.717, 1.165) is 18.4 Å². The highest BCUT2D eigenvalue weighted by atomic mass is 16.5. The number of imidazole rings is 1. The lowest BCUT2D eigenvalue weighted by atomic mass is 9.68. The summed E-state index contributed by atoms with van der Waals surface area (Å²) < 4.78 is 6.67. The molecule has 1 aromatic heterocycles. The van der Waals surface area contributed by atoms with Gasteiger partial charge in [-0.2, -0.15) is 0 Å². The standard InChI is InChI=1S/C25H29N3O5/c1-33-21-10-6-5-9-19(21)22(30)26-16-25(17-7-3-2-4-8-17)13-11-18(12-14-25)28-23(31)20(15-29)27-24(28)32/h2-10,18,29,31H,11-16H2,1H3,(H,26,30)(H,27,32). The number of aromatic amines is 1. The maximum atomic E-state index is 13.0. The van der Waals surface area contributed by atoms with E-state index in [-0.39, 0.29) is 28.9 Å². The fourth-order valence-electron chi connectivity index (χ4n) is 4.89. The minimum atomic E-state index is -0.427. The molecule has 4 N–H and O–H groups in total. The first-order valence-corrected chi connectivity index (χ1v) is 11.1. The maximum absolute atomic E-state index is 13.0. The van der Waals surface area contributed by atoms with Crippen LogP contribution in [0, 0.1) is 0 Å². The quantitative estimate of drug-likeness (QED) is 0.441. The molecule has 33 heavy (non-hydrogen) atoms. The highest BCUT2D eigenvalue weighted by Gasteiger charge is 2.39. The predicted octanol–water partition coefficient (Wildman–Crippen LogP) is 2.87. The second kappa shape index (κ2) is 9.54. The van der Waals surface area contributed by atoms with Gasteiger partial charge in [-0.05, 0) is 43.4 Å². The van der Waals surface area contributed by atoms with Crippen molar-refractivity contribution in [1.82, 2.24) is 14.9 Å². The van der Waals surface area contributed by atoms with Crippen LogP contribution in [0.3, 0.4) is 0 Å². The molecule has 0 atom stereocenters. The molecular weight excluding hydrogens is 422 g/mol. The number of aliphatic hydroxyl groups is 1. The summed E-state index contributed by atoms with van der Waals surface area (Å²) in [7, 11) is 1.54. The number of amides is 1. The monoisotopic (exact) mass is 451 g/mol. The normalized spacial score (nSPS) is 20.4. The number of H-pyrrole nitrogens is 1. The van der Waals surface area contributed by atoms with E-state index in [1.807, 2.05) is 24.3 Å². The van der Waals surface area contributed by atoms with Crippen molar-refractivity contribution in [2.75, 3.05) is 13.7 Å². The Bertz CT molecular complexity index is 1160. The summed E-state index contributed by atoms with van der Waals surface area (Å²) in [6.45, 7) is 0.0141. The topological polar surface area (TPSA) is 117 Å². The number of methoxy groups -OCH3 is 1. The number of aromatic nitrogens is 2. The van der Waals surface area contributed by atoms with Gasteiger partial charge >= 0.3 is 5.69 Å². The number of para-hydroxylation sites is 1. The summed E-state index contributed by atoms with van der Waals surface area (Å²) in [5, 5.41) is 22.8. The molecule has 0 unspecified atom stereocenters. The third-order valence-electron chi connectivity index (χ3n) is 6.74. The lowest BCUT2D eigenvalue weighted by molar-refractivity contribution is 0.0929. The molecule has 1 aliphatic rings. The summed E-state index contributed by atoms with van der Waals surface area (Å²) in [5.41, 5.74) is 1.02. The smallest absolute Gasteiger partial charge is 0.328 e. The van der Waals surface area contributed by atoms with Crippen molar-refractivity contribution in [2.24, 2.45) is 0 Å². The van der Waals surface area contributed by atoms with Gasteiger partial charge in [0.25, 0.3) is 5.91 Å². The molecular formula is C25H29N3O5. The van der Waals surface area contributed by atoms with Crippen LogP contribution in [0.15, 0.2) is 59.4 Å². The Morgan fingerprint density at radius 3 is 2.45 bits per heavy atom. The van der Waals surface area contributed by atoms with E-state index in [1.165, 1.54) is 4.57 Å². The van der Waals surface area contributed by atoms with Crippen molar-refractivity contribution in [3.05, 3.63) is 81.9 Å². The van der Waals surface area contributed by atoms with Gasteiger partial charge in [0.2, 0.25) is 5.88 Å². The Morgan fingerprint density at radius 2 is 1.82 bits per heavy atom. The van der Waals surface area contributed by atoms with Gasteiger partial charge in [0.15, 0.2) is 0 Å². The van der Waals surface area contributed by atoms with Crippen LogP contribution in [0.5, 0.6) is 11.6 Å². The molecule has 0 spiro atoms. The van der Waals surface area contributed by atoms with Crippen LogP contribution < -0.4 is 15.7 Å². The molecule has 0 bridgehead atoms. The fraction of sp³-hybridized carbons (Fsp3) is 0.360. The summed E-state index contributed by atoms with van der Waals surface area (Å²) in [6, 6.07) is 17.0. The molecule has 1 saturated carbocycles. The second-order valence-electron chi connectivity index (χ2n) is 8.52. The average molecular weight is 452 g/mol. The Kier molecular flexibility index (Phi) is 6.55. The SMILES string of the molecule is COc1ccccc1C(=O)NCC1(c2ccccc2)CCC(n2c(O)c(CO)[nH]c2=O)CC1. The molecule has 3 aromatic rings. The number of nitrogens with one attached hydrogen (secondary N) is 2. The van der Waals surface area contributed by atoms with Crippen LogP contribution in [0.4, 0.5) is 0 Å². The first kappa shape index (κ1) is 22.7. The number of hydrogen-bond acceptors (Lipinski definition) is 5. The van der Waals surface area contributed by atoms with Crippen LogP contribution in [-0.2, 0) is 12.0 Å². The molecule has 0 saturated heterocycles. The van der Waals surface area contributed by atoms with Crippen LogP contribution in [0.25, 0.3) is 0 Å². The summed E-state index contributed by atoms with van der Waals surface area (Å²) >= 11 is 0. The minimum absolute atomic E-state index is 0.129. The van der Waals surface area contributed by atoms with Crippen molar-refractivity contribution < 1.29 is 19.7 Å². The first-order valence-electron chi connectivity index (χ1n) is 11.1. The highest BCUT2D eigenvalue weighted by molar-refractivity contribution is 5.96. The Hall–Kier alpha value is -3.52. The second-order valence-corrected chi connectivity index (χ2v) is 8.52. The number of aliphatic hydroxyl groups excluding tert-OH is 1. The maximum Gasteiger partial charge on any atom is 0.328 e. The molecule has 4 rings (SSSR count). The van der Waals surface area contributed by atoms with Gasteiger partial charge in [-0.1, -0.05) is 42.5 Å². The van der Waals surface area contributed by atoms with Crippen molar-refractivity contribution >= 4 is 5.91 Å². The van der Waals surface area contributed by atoms with E-state index in [4.69, 9.17) is 4.74 Å². The number of aromatic hydroxyl groups is 1. The predicted molar refractivity (Wildman–Crippen MR) is 124 cm³/mol. The molecule has 8 nitrogen and oxygen atoms in total. The molecule has 2 aromatic carbocycles. The molecule has 1 aliphatic carbocycles. The van der Waals surface area contributed by atoms with E-state index in [2.05, 4.69) is 22.4 Å². The van der Waals surface area contributed by atoms with E-state index >= 15 is 0 Å². The van der Waals surface area contributed by atoms with E-state index in [1.54, 1.807) is 25.3 Å². The summed E-state index contributed by atoms with van der Waals surface area (Å²) in [4.78, 5) is 27.8. The average Bonchev–Trinajstić information content (AvgIpc) is 3.16. The number of carbonyl (C=O) groups is 1. The molecule has 174 valence electrons. The lowest BCUT2D eigenvalue weighted by Crippen LogP contribution is -2.44. The molecule has 1 heterocycles. The van der Waals surface area contributed by atoms with Crippen molar-refractivity contribution in [1.29, 1.82) is 0 Å². The zero-order chi connectivity index (χ0) is 23.4. The summed E-state index contributed by atoms with van der Waals surface area (Å²) in [5.74, 6) is 0.121. The first-order chi connectivity index (χ1) is 16.0. The van der Waals surface area contributed by atoms with Gasteiger partial charge in [0.05, 0.1) is 19.3 Å².